The summed E-state index contributed by atoms with van der Waals surface area (Å²) >= 11 is 9.30. The first kappa shape index (κ1) is 12.7. The number of anilines is 1. The third-order valence-electron chi connectivity index (χ3n) is 1.96. The summed E-state index contributed by atoms with van der Waals surface area (Å²) in [5.41, 5.74) is 0.842. The molecule has 0 saturated carbocycles. The van der Waals surface area contributed by atoms with Gasteiger partial charge in [-0.1, -0.05) is 11.6 Å². The van der Waals surface area contributed by atoms with Crippen LogP contribution in [0, 0.1) is 0 Å². The first-order valence-corrected chi connectivity index (χ1v) is 5.87. The first-order chi connectivity index (χ1) is 7.13. The molecule has 0 saturated heterocycles. The van der Waals surface area contributed by atoms with E-state index in [0.29, 0.717) is 11.2 Å². The molecule has 1 aromatic rings. The summed E-state index contributed by atoms with van der Waals surface area (Å²) in [5.74, 6) is 0. The molecule has 15 heavy (non-hydrogen) atoms. The molecule has 1 rings (SSSR count). The fourth-order valence-electron chi connectivity index (χ4n) is 1.16. The summed E-state index contributed by atoms with van der Waals surface area (Å²) < 4.78 is 5.92. The Labute approximate surface area is 103 Å². The summed E-state index contributed by atoms with van der Waals surface area (Å²) in [6, 6.07) is 2.22. The Morgan fingerprint density at radius 2 is 2.40 bits per heavy atom. The van der Waals surface area contributed by atoms with Crippen molar-refractivity contribution in [1.82, 2.24) is 4.98 Å². The van der Waals surface area contributed by atoms with Gasteiger partial charge in [-0.2, -0.15) is 0 Å². The molecule has 1 heterocycles. The van der Waals surface area contributed by atoms with Crippen LogP contribution in [-0.2, 0) is 4.74 Å². The standard InChI is InChI=1S/C10H14BrClN2O/c1-7(3-4-15-2)14-9-5-8(11)6-13-10(9)12/h5-7,14H,3-4H2,1-2H3. The molecule has 1 atom stereocenters. The zero-order valence-corrected chi connectivity index (χ0v) is 11.1. The number of aromatic nitrogens is 1. The molecule has 1 aromatic heterocycles. The number of hydrogen-bond donors (Lipinski definition) is 1. The highest BCUT2D eigenvalue weighted by atomic mass is 79.9. The molecule has 0 spiro atoms. The number of nitrogens with zero attached hydrogens (tertiary/aromatic N) is 1. The first-order valence-electron chi connectivity index (χ1n) is 4.70. The molecule has 0 aromatic carbocycles. The van der Waals surface area contributed by atoms with Crippen molar-refractivity contribution >= 4 is 33.2 Å². The topological polar surface area (TPSA) is 34.1 Å². The average Bonchev–Trinajstić information content (AvgIpc) is 2.20. The van der Waals surface area contributed by atoms with Gasteiger partial charge in [0.1, 0.15) is 0 Å². The number of halogens is 2. The predicted molar refractivity (Wildman–Crippen MR) is 66.5 cm³/mol. The van der Waals surface area contributed by atoms with E-state index < -0.39 is 0 Å². The molecular weight excluding hydrogens is 279 g/mol. The summed E-state index contributed by atoms with van der Waals surface area (Å²) in [5, 5.41) is 3.77. The molecule has 3 nitrogen and oxygen atoms in total. The molecule has 0 aliphatic heterocycles. The lowest BCUT2D eigenvalue weighted by Gasteiger charge is -2.15. The van der Waals surface area contributed by atoms with Crippen molar-refractivity contribution in [3.05, 3.63) is 21.9 Å². The van der Waals surface area contributed by atoms with E-state index in [2.05, 4.69) is 33.2 Å². The Morgan fingerprint density at radius 3 is 3.07 bits per heavy atom. The second kappa shape index (κ2) is 6.30. The number of nitrogens with one attached hydrogen (secondary N) is 1. The Hall–Kier alpha value is -0.320. The normalized spacial score (nSPS) is 12.5. The van der Waals surface area contributed by atoms with E-state index >= 15 is 0 Å². The zero-order valence-electron chi connectivity index (χ0n) is 8.76. The van der Waals surface area contributed by atoms with E-state index in [1.54, 1.807) is 13.3 Å². The molecule has 0 aliphatic carbocycles. The van der Waals surface area contributed by atoms with Crippen molar-refractivity contribution in [2.45, 2.75) is 19.4 Å². The molecule has 0 bridgehead atoms. The van der Waals surface area contributed by atoms with Crippen LogP contribution in [0.3, 0.4) is 0 Å². The monoisotopic (exact) mass is 292 g/mol. The summed E-state index contributed by atoms with van der Waals surface area (Å²) in [6.45, 7) is 2.81. The predicted octanol–water partition coefficient (Wildman–Crippen LogP) is 3.33. The largest absolute Gasteiger partial charge is 0.385 e. The van der Waals surface area contributed by atoms with Gasteiger partial charge in [0.15, 0.2) is 5.15 Å². The lowest BCUT2D eigenvalue weighted by molar-refractivity contribution is 0.191. The van der Waals surface area contributed by atoms with Gasteiger partial charge >= 0.3 is 0 Å². The Morgan fingerprint density at radius 1 is 1.67 bits per heavy atom. The zero-order chi connectivity index (χ0) is 11.3. The van der Waals surface area contributed by atoms with Crippen LogP contribution in [0.25, 0.3) is 0 Å². The third kappa shape index (κ3) is 4.36. The van der Waals surface area contributed by atoms with Gasteiger partial charge in [-0.15, -0.1) is 0 Å². The van der Waals surface area contributed by atoms with Crippen molar-refractivity contribution in [2.75, 3.05) is 19.0 Å². The fraction of sp³-hybridized carbons (Fsp3) is 0.500. The lowest BCUT2D eigenvalue weighted by Crippen LogP contribution is -2.17. The van der Waals surface area contributed by atoms with Crippen LogP contribution in [0.4, 0.5) is 5.69 Å². The van der Waals surface area contributed by atoms with Gasteiger partial charge in [0, 0.05) is 30.4 Å². The SMILES string of the molecule is COCCC(C)Nc1cc(Br)cnc1Cl. The Balaban J connectivity index is 2.59. The molecule has 0 radical (unpaired) electrons. The van der Waals surface area contributed by atoms with Crippen LogP contribution in [0.15, 0.2) is 16.7 Å². The summed E-state index contributed by atoms with van der Waals surface area (Å²) in [4.78, 5) is 4.04. The van der Waals surface area contributed by atoms with Crippen LogP contribution in [0.1, 0.15) is 13.3 Å². The van der Waals surface area contributed by atoms with Gasteiger partial charge in [-0.3, -0.25) is 0 Å². The van der Waals surface area contributed by atoms with E-state index in [9.17, 15) is 0 Å². The van der Waals surface area contributed by atoms with Gasteiger partial charge in [0.25, 0.3) is 0 Å². The van der Waals surface area contributed by atoms with E-state index in [4.69, 9.17) is 16.3 Å². The minimum atomic E-state index is 0.304. The lowest BCUT2D eigenvalue weighted by atomic mass is 10.2. The smallest absolute Gasteiger partial charge is 0.152 e. The summed E-state index contributed by atoms with van der Waals surface area (Å²) in [6.07, 6.45) is 2.60. The average molecular weight is 294 g/mol. The highest BCUT2D eigenvalue weighted by Crippen LogP contribution is 2.23. The number of methoxy groups -OCH3 is 1. The molecule has 0 aliphatic rings. The van der Waals surface area contributed by atoms with E-state index in [0.717, 1.165) is 23.2 Å². The molecule has 0 fully saturated rings. The van der Waals surface area contributed by atoms with Crippen molar-refractivity contribution in [3.8, 4) is 0 Å². The van der Waals surface area contributed by atoms with Crippen molar-refractivity contribution in [3.63, 3.8) is 0 Å². The Bertz CT molecular complexity index is 322. The molecule has 5 heteroatoms. The van der Waals surface area contributed by atoms with E-state index in [1.807, 2.05) is 6.07 Å². The number of hydrogen-bond acceptors (Lipinski definition) is 3. The maximum absolute atomic E-state index is 5.95. The van der Waals surface area contributed by atoms with Crippen molar-refractivity contribution < 1.29 is 4.74 Å². The second-order valence-electron chi connectivity index (χ2n) is 3.32. The highest BCUT2D eigenvalue weighted by Gasteiger charge is 2.06. The molecule has 1 N–H and O–H groups in total. The Kier molecular flexibility index (Phi) is 5.36. The molecule has 1 unspecified atom stereocenters. The van der Waals surface area contributed by atoms with Crippen LogP contribution in [-0.4, -0.2) is 24.7 Å². The second-order valence-corrected chi connectivity index (χ2v) is 4.59. The maximum Gasteiger partial charge on any atom is 0.152 e. The van der Waals surface area contributed by atoms with Crippen LogP contribution < -0.4 is 5.32 Å². The van der Waals surface area contributed by atoms with Gasteiger partial charge in [0.05, 0.1) is 5.69 Å². The number of pyridine rings is 1. The van der Waals surface area contributed by atoms with Crippen molar-refractivity contribution in [2.24, 2.45) is 0 Å². The number of ether oxygens (including phenoxy) is 1. The fourth-order valence-corrected chi connectivity index (χ4v) is 1.65. The van der Waals surface area contributed by atoms with Crippen LogP contribution in [0.2, 0.25) is 5.15 Å². The molecular formula is C10H14BrClN2O. The van der Waals surface area contributed by atoms with Crippen molar-refractivity contribution in [1.29, 1.82) is 0 Å². The number of rotatable bonds is 5. The van der Waals surface area contributed by atoms with Gasteiger partial charge in [-0.05, 0) is 35.3 Å². The minimum absolute atomic E-state index is 0.304. The van der Waals surface area contributed by atoms with E-state index in [-0.39, 0.29) is 0 Å². The van der Waals surface area contributed by atoms with Crippen LogP contribution >= 0.6 is 27.5 Å². The molecule has 0 amide bonds. The van der Waals surface area contributed by atoms with Gasteiger partial charge < -0.3 is 10.1 Å². The van der Waals surface area contributed by atoms with Gasteiger partial charge in [-0.25, -0.2) is 4.98 Å². The quantitative estimate of drug-likeness (QED) is 0.846. The van der Waals surface area contributed by atoms with Gasteiger partial charge in [0.2, 0.25) is 0 Å². The summed E-state index contributed by atoms with van der Waals surface area (Å²) in [7, 11) is 1.69. The minimum Gasteiger partial charge on any atom is -0.385 e. The van der Waals surface area contributed by atoms with E-state index in [1.165, 1.54) is 0 Å². The third-order valence-corrected chi connectivity index (χ3v) is 2.70. The molecule has 84 valence electrons. The highest BCUT2D eigenvalue weighted by molar-refractivity contribution is 9.10. The maximum atomic E-state index is 5.95. The van der Waals surface area contributed by atoms with Crippen LogP contribution in [0.5, 0.6) is 0 Å².